The van der Waals surface area contributed by atoms with E-state index in [1.807, 2.05) is 4.68 Å². The Kier molecular flexibility index (Phi) is 5.64. The first-order valence-electron chi connectivity index (χ1n) is 11.3. The molecule has 0 bridgehead atoms. The summed E-state index contributed by atoms with van der Waals surface area (Å²) < 4.78 is 1.84. The van der Waals surface area contributed by atoms with Crippen molar-refractivity contribution in [3.63, 3.8) is 0 Å². The van der Waals surface area contributed by atoms with Gasteiger partial charge in [0.1, 0.15) is 0 Å². The summed E-state index contributed by atoms with van der Waals surface area (Å²) in [5.74, 6) is -0.507. The minimum atomic E-state index is -0.747. The highest BCUT2D eigenvalue weighted by atomic mass is 35.5. The molecule has 3 aromatic rings. The van der Waals surface area contributed by atoms with Crippen LogP contribution in [0.3, 0.4) is 0 Å². The van der Waals surface area contributed by atoms with Crippen LogP contribution in [0.15, 0.2) is 42.6 Å². The zero-order chi connectivity index (χ0) is 22.2. The van der Waals surface area contributed by atoms with Crippen molar-refractivity contribution in [3.05, 3.63) is 64.3 Å². The predicted molar refractivity (Wildman–Crippen MR) is 123 cm³/mol. The first-order valence-corrected chi connectivity index (χ1v) is 11.6. The molecule has 166 valence electrons. The Morgan fingerprint density at radius 1 is 1.03 bits per heavy atom. The first kappa shape index (κ1) is 21.0. The highest BCUT2D eigenvalue weighted by Crippen LogP contribution is 2.40. The number of benzene rings is 2. The normalized spacial score (nSPS) is 20.9. The third kappa shape index (κ3) is 4.24. The van der Waals surface area contributed by atoms with E-state index < -0.39 is 5.97 Å². The molecule has 5 rings (SSSR count). The average molecular weight is 452 g/mol. The van der Waals surface area contributed by atoms with Gasteiger partial charge < -0.3 is 10.4 Å². The highest BCUT2D eigenvalue weighted by Gasteiger charge is 2.28. The first-order chi connectivity index (χ1) is 15.5. The zero-order valence-corrected chi connectivity index (χ0v) is 18.5. The Labute approximate surface area is 191 Å². The molecular weight excluding hydrogens is 426 g/mol. The van der Waals surface area contributed by atoms with Gasteiger partial charge in [0.25, 0.3) is 5.91 Å². The number of hydrogen-bond donors (Lipinski definition) is 2. The van der Waals surface area contributed by atoms with E-state index >= 15 is 0 Å². The quantitative estimate of drug-likeness (QED) is 0.553. The lowest BCUT2D eigenvalue weighted by atomic mass is 9.86. The van der Waals surface area contributed by atoms with Crippen LogP contribution in [0.4, 0.5) is 0 Å². The molecule has 0 spiro atoms. The summed E-state index contributed by atoms with van der Waals surface area (Å²) in [5, 5.41) is 18.1. The number of carbonyl (C=O) groups is 2. The van der Waals surface area contributed by atoms with E-state index in [0.29, 0.717) is 48.7 Å². The SMILES string of the molecule is O=C(NC1CCC(C(=O)O)CC1)c1ccc(Cl)c2cnn(Cc3ccc(C4CC4)cc3)c12. The van der Waals surface area contributed by atoms with E-state index in [-0.39, 0.29) is 17.9 Å². The number of aliphatic carboxylic acids is 1. The van der Waals surface area contributed by atoms with Crippen LogP contribution in [0.2, 0.25) is 5.02 Å². The number of fused-ring (bicyclic) bond motifs is 1. The van der Waals surface area contributed by atoms with Gasteiger partial charge in [0.2, 0.25) is 0 Å². The number of hydrogen-bond acceptors (Lipinski definition) is 3. The molecule has 1 amide bonds. The van der Waals surface area contributed by atoms with Gasteiger partial charge in [-0.1, -0.05) is 35.9 Å². The molecule has 2 fully saturated rings. The van der Waals surface area contributed by atoms with Gasteiger partial charge in [-0.15, -0.1) is 0 Å². The maximum atomic E-state index is 13.2. The van der Waals surface area contributed by atoms with Crippen molar-refractivity contribution >= 4 is 34.4 Å². The van der Waals surface area contributed by atoms with Crippen LogP contribution < -0.4 is 5.32 Å². The van der Waals surface area contributed by atoms with Crippen molar-refractivity contribution in [3.8, 4) is 0 Å². The maximum absolute atomic E-state index is 13.2. The van der Waals surface area contributed by atoms with E-state index in [2.05, 4.69) is 34.7 Å². The third-order valence-corrected chi connectivity index (χ3v) is 7.09. The largest absolute Gasteiger partial charge is 0.481 e. The number of nitrogens with one attached hydrogen (secondary N) is 1. The third-order valence-electron chi connectivity index (χ3n) is 6.77. The van der Waals surface area contributed by atoms with Crippen LogP contribution in [-0.4, -0.2) is 32.8 Å². The number of amides is 1. The molecule has 0 aliphatic heterocycles. The molecule has 0 atom stereocenters. The summed E-state index contributed by atoms with van der Waals surface area (Å²) in [6.07, 6.45) is 6.79. The lowest BCUT2D eigenvalue weighted by Gasteiger charge is -2.27. The van der Waals surface area contributed by atoms with E-state index in [1.54, 1.807) is 18.3 Å². The van der Waals surface area contributed by atoms with Gasteiger partial charge in [0.05, 0.1) is 34.8 Å². The van der Waals surface area contributed by atoms with Gasteiger partial charge in [-0.2, -0.15) is 5.10 Å². The van der Waals surface area contributed by atoms with E-state index in [9.17, 15) is 14.7 Å². The second kappa shape index (κ2) is 8.58. The van der Waals surface area contributed by atoms with Crippen LogP contribution >= 0.6 is 11.6 Å². The molecule has 32 heavy (non-hydrogen) atoms. The molecular formula is C25H26ClN3O3. The summed E-state index contributed by atoms with van der Waals surface area (Å²) in [6, 6.07) is 12.1. The number of nitrogens with zero attached hydrogens (tertiary/aromatic N) is 2. The van der Waals surface area contributed by atoms with Gasteiger partial charge in [0, 0.05) is 11.4 Å². The predicted octanol–water partition coefficient (Wildman–Crippen LogP) is 4.99. The molecule has 1 aromatic heterocycles. The van der Waals surface area contributed by atoms with Crippen LogP contribution in [0, 0.1) is 5.92 Å². The Hall–Kier alpha value is -2.86. The summed E-state index contributed by atoms with van der Waals surface area (Å²) in [6.45, 7) is 0.554. The number of carbonyl (C=O) groups excluding carboxylic acids is 1. The topological polar surface area (TPSA) is 84.2 Å². The molecule has 2 aliphatic carbocycles. The average Bonchev–Trinajstić information content (AvgIpc) is 3.56. The highest BCUT2D eigenvalue weighted by molar-refractivity contribution is 6.36. The standard InChI is InChI=1S/C25H26ClN3O3/c26-22-12-11-20(24(30)28-19-9-7-18(8-10-19)25(31)32)23-21(22)13-27-29(23)14-15-1-3-16(4-2-15)17-5-6-17/h1-4,11-13,17-19H,5-10,14H2,(H,28,30)(H,31,32). The van der Waals surface area contributed by atoms with Crippen molar-refractivity contribution < 1.29 is 14.7 Å². The Bertz CT molecular complexity index is 1160. The maximum Gasteiger partial charge on any atom is 0.306 e. The van der Waals surface area contributed by atoms with Crippen molar-refractivity contribution in [2.75, 3.05) is 0 Å². The van der Waals surface area contributed by atoms with Gasteiger partial charge in [-0.05, 0) is 67.7 Å². The molecule has 2 aliphatic rings. The van der Waals surface area contributed by atoms with Gasteiger partial charge in [-0.3, -0.25) is 14.3 Å². The second-order valence-electron chi connectivity index (χ2n) is 9.04. The second-order valence-corrected chi connectivity index (χ2v) is 9.44. The molecule has 0 saturated heterocycles. The number of carboxylic acid groups (broad SMARTS) is 1. The number of halogens is 1. The minimum absolute atomic E-state index is 0.0184. The fraction of sp³-hybridized carbons (Fsp3) is 0.400. The monoisotopic (exact) mass is 451 g/mol. The van der Waals surface area contributed by atoms with E-state index in [4.69, 9.17) is 11.6 Å². The minimum Gasteiger partial charge on any atom is -0.481 e. The van der Waals surface area contributed by atoms with Gasteiger partial charge >= 0.3 is 5.97 Å². The van der Waals surface area contributed by atoms with Crippen molar-refractivity contribution in [1.82, 2.24) is 15.1 Å². The fourth-order valence-corrected chi connectivity index (χ4v) is 4.91. The van der Waals surface area contributed by atoms with E-state index in [1.165, 1.54) is 18.4 Å². The van der Waals surface area contributed by atoms with Gasteiger partial charge in [0.15, 0.2) is 0 Å². The zero-order valence-electron chi connectivity index (χ0n) is 17.8. The summed E-state index contributed by atoms with van der Waals surface area (Å²) in [7, 11) is 0. The van der Waals surface area contributed by atoms with Gasteiger partial charge in [-0.25, -0.2) is 0 Å². The molecule has 7 heteroatoms. The molecule has 1 heterocycles. The van der Waals surface area contributed by atoms with E-state index in [0.717, 1.165) is 16.5 Å². The van der Waals surface area contributed by atoms with Crippen LogP contribution in [-0.2, 0) is 11.3 Å². The fourth-order valence-electron chi connectivity index (χ4n) is 4.71. The Morgan fingerprint density at radius 2 is 1.75 bits per heavy atom. The summed E-state index contributed by atoms with van der Waals surface area (Å²) >= 11 is 6.41. The Balaban J connectivity index is 1.37. The number of carboxylic acids is 1. The molecule has 2 aromatic carbocycles. The Morgan fingerprint density at radius 3 is 2.41 bits per heavy atom. The van der Waals surface area contributed by atoms with Crippen LogP contribution in [0.25, 0.3) is 10.9 Å². The smallest absolute Gasteiger partial charge is 0.306 e. The lowest BCUT2D eigenvalue weighted by molar-refractivity contribution is -0.142. The van der Waals surface area contributed by atoms with Crippen LogP contribution in [0.5, 0.6) is 0 Å². The summed E-state index contributed by atoms with van der Waals surface area (Å²) in [4.78, 5) is 24.4. The van der Waals surface area contributed by atoms with Crippen molar-refractivity contribution in [1.29, 1.82) is 0 Å². The number of aromatic nitrogens is 2. The van der Waals surface area contributed by atoms with Crippen LogP contribution in [0.1, 0.15) is 65.9 Å². The molecule has 6 nitrogen and oxygen atoms in total. The van der Waals surface area contributed by atoms with Crippen molar-refractivity contribution in [2.24, 2.45) is 5.92 Å². The number of rotatable bonds is 6. The summed E-state index contributed by atoms with van der Waals surface area (Å²) in [5.41, 5.74) is 3.77. The van der Waals surface area contributed by atoms with Crippen molar-refractivity contribution in [2.45, 2.75) is 57.0 Å². The molecule has 2 saturated carbocycles. The lowest BCUT2D eigenvalue weighted by Crippen LogP contribution is -2.38. The molecule has 0 unspecified atom stereocenters. The molecule has 2 N–H and O–H groups in total. The molecule has 0 radical (unpaired) electrons.